The molecule has 3 unspecified atom stereocenters. The summed E-state index contributed by atoms with van der Waals surface area (Å²) in [4.78, 5) is 0. The van der Waals surface area contributed by atoms with Gasteiger partial charge in [0.15, 0.2) is 0 Å². The Balaban J connectivity index is 2.14. The molecule has 1 saturated carbocycles. The molecule has 1 aromatic heterocycles. The normalized spacial score (nSPS) is 27.9. The highest BCUT2D eigenvalue weighted by molar-refractivity contribution is 6.30. The Kier molecular flexibility index (Phi) is 4.50. The van der Waals surface area contributed by atoms with Crippen LogP contribution < -0.4 is 0 Å². The van der Waals surface area contributed by atoms with Crippen LogP contribution in [0.1, 0.15) is 51.3 Å². The Hall–Kier alpha value is -0.540. The number of rotatable bonds is 2. The van der Waals surface area contributed by atoms with E-state index in [2.05, 4.69) is 25.9 Å². The van der Waals surface area contributed by atoms with E-state index in [0.717, 1.165) is 36.9 Å². The fraction of sp³-hybridized carbons (Fsp3) is 0.812. The Morgan fingerprint density at radius 2 is 2.00 bits per heavy atom. The van der Waals surface area contributed by atoms with Crippen LogP contribution in [0.2, 0.25) is 5.15 Å². The van der Waals surface area contributed by atoms with E-state index in [4.69, 9.17) is 11.6 Å². The van der Waals surface area contributed by atoms with Crippen molar-refractivity contribution >= 4 is 11.6 Å². The standard InChI is InChI=1S/C16H27ClN2O/c1-10-13(15(17)19(5)18-10)9-11-8-12(16(2,3)4)6-7-14(11)20/h11-12,14,20H,6-9H2,1-5H3. The van der Waals surface area contributed by atoms with Crippen molar-refractivity contribution in [2.75, 3.05) is 0 Å². The molecule has 0 saturated heterocycles. The summed E-state index contributed by atoms with van der Waals surface area (Å²) in [6.45, 7) is 8.90. The van der Waals surface area contributed by atoms with Crippen molar-refractivity contribution in [3.05, 3.63) is 16.4 Å². The van der Waals surface area contributed by atoms with Gasteiger partial charge in [0.05, 0.1) is 11.8 Å². The van der Waals surface area contributed by atoms with Crippen LogP contribution in [-0.4, -0.2) is 21.0 Å². The number of halogens is 1. The number of hydrogen-bond acceptors (Lipinski definition) is 2. The molecule has 1 aliphatic carbocycles. The molecule has 2 rings (SSSR count). The first-order chi connectivity index (χ1) is 9.20. The molecule has 1 heterocycles. The number of nitrogens with zero attached hydrogens (tertiary/aromatic N) is 2. The van der Waals surface area contributed by atoms with Crippen LogP contribution in [0.15, 0.2) is 0 Å². The topological polar surface area (TPSA) is 38.0 Å². The maximum absolute atomic E-state index is 10.3. The van der Waals surface area contributed by atoms with Gasteiger partial charge in [-0.2, -0.15) is 5.10 Å². The molecule has 1 aromatic rings. The van der Waals surface area contributed by atoms with Gasteiger partial charge in [-0.1, -0.05) is 32.4 Å². The van der Waals surface area contributed by atoms with Crippen molar-refractivity contribution in [3.8, 4) is 0 Å². The smallest absolute Gasteiger partial charge is 0.130 e. The van der Waals surface area contributed by atoms with E-state index in [1.54, 1.807) is 4.68 Å². The zero-order valence-electron chi connectivity index (χ0n) is 13.3. The fourth-order valence-electron chi connectivity index (χ4n) is 3.42. The molecule has 20 heavy (non-hydrogen) atoms. The molecule has 114 valence electrons. The Morgan fingerprint density at radius 1 is 1.35 bits per heavy atom. The molecule has 1 aliphatic rings. The van der Waals surface area contributed by atoms with Crippen molar-refractivity contribution in [3.63, 3.8) is 0 Å². The Bertz CT molecular complexity index is 476. The summed E-state index contributed by atoms with van der Waals surface area (Å²) < 4.78 is 1.72. The van der Waals surface area contributed by atoms with Gasteiger partial charge >= 0.3 is 0 Å². The molecule has 0 aliphatic heterocycles. The third-order valence-corrected chi connectivity index (χ3v) is 5.38. The molecule has 1 fully saturated rings. The second kappa shape index (κ2) is 5.69. The van der Waals surface area contributed by atoms with Gasteiger partial charge in [-0.3, -0.25) is 4.68 Å². The van der Waals surface area contributed by atoms with E-state index in [-0.39, 0.29) is 6.10 Å². The molecule has 3 atom stereocenters. The van der Waals surface area contributed by atoms with Gasteiger partial charge in [-0.25, -0.2) is 0 Å². The van der Waals surface area contributed by atoms with Gasteiger partial charge < -0.3 is 5.11 Å². The van der Waals surface area contributed by atoms with Gasteiger partial charge in [0, 0.05) is 12.6 Å². The molecule has 0 aromatic carbocycles. The molecular formula is C16H27ClN2O. The van der Waals surface area contributed by atoms with Crippen LogP contribution >= 0.6 is 11.6 Å². The van der Waals surface area contributed by atoms with Gasteiger partial charge in [-0.05, 0) is 49.9 Å². The first kappa shape index (κ1) is 15.8. The molecule has 3 nitrogen and oxygen atoms in total. The van der Waals surface area contributed by atoms with Crippen LogP contribution in [-0.2, 0) is 13.5 Å². The molecule has 0 spiro atoms. The third kappa shape index (κ3) is 3.20. The molecule has 0 bridgehead atoms. The Labute approximate surface area is 127 Å². The van der Waals surface area contributed by atoms with Crippen molar-refractivity contribution in [2.45, 2.75) is 59.5 Å². The second-order valence-corrected chi connectivity index (χ2v) is 7.74. The first-order valence-electron chi connectivity index (χ1n) is 7.56. The fourth-order valence-corrected chi connectivity index (χ4v) is 3.67. The predicted molar refractivity (Wildman–Crippen MR) is 83.0 cm³/mol. The zero-order valence-corrected chi connectivity index (χ0v) is 14.0. The lowest BCUT2D eigenvalue weighted by molar-refractivity contribution is 0.0196. The van der Waals surface area contributed by atoms with Crippen LogP contribution in [0, 0.1) is 24.2 Å². The van der Waals surface area contributed by atoms with E-state index in [0.29, 0.717) is 22.4 Å². The SMILES string of the molecule is Cc1nn(C)c(Cl)c1CC1CC(C(C)(C)C)CCC1O. The quantitative estimate of drug-likeness (QED) is 0.903. The minimum atomic E-state index is -0.204. The van der Waals surface area contributed by atoms with Crippen LogP contribution in [0.3, 0.4) is 0 Å². The van der Waals surface area contributed by atoms with Crippen molar-refractivity contribution in [1.82, 2.24) is 9.78 Å². The number of aliphatic hydroxyl groups is 1. The van der Waals surface area contributed by atoms with Gasteiger partial charge in [0.25, 0.3) is 0 Å². The van der Waals surface area contributed by atoms with Gasteiger partial charge in [0.2, 0.25) is 0 Å². The predicted octanol–water partition coefficient (Wildman–Crippen LogP) is 3.75. The maximum atomic E-state index is 10.3. The number of aliphatic hydroxyl groups excluding tert-OH is 1. The third-order valence-electron chi connectivity index (χ3n) is 4.90. The van der Waals surface area contributed by atoms with Gasteiger partial charge in [-0.15, -0.1) is 0 Å². The van der Waals surface area contributed by atoms with E-state index in [1.807, 2.05) is 14.0 Å². The van der Waals surface area contributed by atoms with Crippen LogP contribution in [0.4, 0.5) is 0 Å². The summed E-state index contributed by atoms with van der Waals surface area (Å²) in [5.41, 5.74) is 2.40. The summed E-state index contributed by atoms with van der Waals surface area (Å²) in [7, 11) is 1.87. The van der Waals surface area contributed by atoms with Crippen LogP contribution in [0.5, 0.6) is 0 Å². The summed E-state index contributed by atoms with van der Waals surface area (Å²) in [5, 5.41) is 15.4. The van der Waals surface area contributed by atoms with E-state index < -0.39 is 0 Å². The van der Waals surface area contributed by atoms with Crippen molar-refractivity contribution < 1.29 is 5.11 Å². The number of aryl methyl sites for hydroxylation is 2. The van der Waals surface area contributed by atoms with Crippen LogP contribution in [0.25, 0.3) is 0 Å². The Morgan fingerprint density at radius 3 is 2.50 bits per heavy atom. The largest absolute Gasteiger partial charge is 0.393 e. The number of hydrogen-bond donors (Lipinski definition) is 1. The average Bonchev–Trinajstić information content (AvgIpc) is 2.57. The van der Waals surface area contributed by atoms with Crippen molar-refractivity contribution in [2.24, 2.45) is 24.3 Å². The lowest BCUT2D eigenvalue weighted by Gasteiger charge is -2.40. The number of aromatic nitrogens is 2. The molecular weight excluding hydrogens is 272 g/mol. The molecule has 0 radical (unpaired) electrons. The van der Waals surface area contributed by atoms with E-state index in [9.17, 15) is 5.11 Å². The molecule has 0 amide bonds. The lowest BCUT2D eigenvalue weighted by Crippen LogP contribution is -2.35. The monoisotopic (exact) mass is 298 g/mol. The second-order valence-electron chi connectivity index (χ2n) is 7.39. The summed E-state index contributed by atoms with van der Waals surface area (Å²) in [5.74, 6) is 0.972. The lowest BCUT2D eigenvalue weighted by atomic mass is 9.67. The highest BCUT2D eigenvalue weighted by atomic mass is 35.5. The molecule has 1 N–H and O–H groups in total. The van der Waals surface area contributed by atoms with Crippen molar-refractivity contribution in [1.29, 1.82) is 0 Å². The summed E-state index contributed by atoms with van der Waals surface area (Å²) in [6, 6.07) is 0. The summed E-state index contributed by atoms with van der Waals surface area (Å²) >= 11 is 6.33. The maximum Gasteiger partial charge on any atom is 0.130 e. The van der Waals surface area contributed by atoms with E-state index in [1.165, 1.54) is 0 Å². The van der Waals surface area contributed by atoms with E-state index >= 15 is 0 Å². The highest BCUT2D eigenvalue weighted by Gasteiger charge is 2.35. The summed E-state index contributed by atoms with van der Waals surface area (Å²) in [6.07, 6.45) is 3.75. The average molecular weight is 299 g/mol. The first-order valence-corrected chi connectivity index (χ1v) is 7.94. The minimum Gasteiger partial charge on any atom is -0.393 e. The highest BCUT2D eigenvalue weighted by Crippen LogP contribution is 2.42. The zero-order chi connectivity index (χ0) is 15.1. The van der Waals surface area contributed by atoms with Gasteiger partial charge in [0.1, 0.15) is 5.15 Å². The molecule has 4 heteroatoms. The minimum absolute atomic E-state index is 0.204.